The van der Waals surface area contributed by atoms with Crippen molar-refractivity contribution in [3.63, 3.8) is 0 Å². The van der Waals surface area contributed by atoms with Crippen molar-refractivity contribution < 1.29 is 18.8 Å². The number of hydrogen-bond acceptors (Lipinski definition) is 3. The van der Waals surface area contributed by atoms with Crippen LogP contribution in [0.2, 0.25) is 0 Å². The smallest absolute Gasteiger partial charge is 0.217 e. The molecule has 0 amide bonds. The highest BCUT2D eigenvalue weighted by molar-refractivity contribution is 5.80. The van der Waals surface area contributed by atoms with Crippen molar-refractivity contribution in [1.29, 1.82) is 0 Å². The molecule has 0 radical (unpaired) electrons. The van der Waals surface area contributed by atoms with Gasteiger partial charge in [-0.2, -0.15) is 4.57 Å². The molecule has 2 aromatic carbocycles. The average Bonchev–Trinajstić information content (AvgIpc) is 3.04. The van der Waals surface area contributed by atoms with Crippen molar-refractivity contribution in [2.24, 2.45) is 0 Å². The maximum atomic E-state index is 6.51. The van der Waals surface area contributed by atoms with E-state index in [0.29, 0.717) is 6.61 Å². The Hall–Kier alpha value is -2.85. The quantitative estimate of drug-likeness (QED) is 0.388. The standard InChI is InChI=1S/C31H38NO3/c1-7-30(5)25-13-11-15-28(33-6)29(25)27-17-16-23-12-9-10-14-26(23)32(27)31(30,8-2)19-24-20-34-21(3)18-22(4)35-24/h9-18,21,24H,7-8,19-20H2,1-6H3/q+1. The Morgan fingerprint density at radius 1 is 1.03 bits per heavy atom. The molecule has 0 spiro atoms. The molecule has 35 heavy (non-hydrogen) atoms. The Balaban J connectivity index is 1.83. The van der Waals surface area contributed by atoms with Crippen LogP contribution in [0.15, 0.2) is 66.4 Å². The molecule has 0 saturated heterocycles. The SMILES string of the molecule is CCC1(C)c2cccc(OC)c2-c2ccc3ccccc3[n+]2C1(CC)CC1COC(C)C=C(C)O1. The van der Waals surface area contributed by atoms with E-state index in [1.807, 2.05) is 6.92 Å². The molecule has 5 rings (SSSR count). The van der Waals surface area contributed by atoms with Gasteiger partial charge in [0.05, 0.1) is 43.0 Å². The molecule has 0 aliphatic carbocycles. The first-order chi connectivity index (χ1) is 16.9. The van der Waals surface area contributed by atoms with Crippen LogP contribution in [0.25, 0.3) is 22.2 Å². The predicted molar refractivity (Wildman–Crippen MR) is 141 cm³/mol. The molecule has 184 valence electrons. The monoisotopic (exact) mass is 472 g/mol. The van der Waals surface area contributed by atoms with E-state index < -0.39 is 0 Å². The first-order valence-electron chi connectivity index (χ1n) is 13.0. The summed E-state index contributed by atoms with van der Waals surface area (Å²) in [5.41, 5.74) is 4.65. The fourth-order valence-electron chi connectivity index (χ4n) is 6.76. The van der Waals surface area contributed by atoms with Gasteiger partial charge in [0.25, 0.3) is 0 Å². The number of hydrogen-bond donors (Lipinski definition) is 0. The third kappa shape index (κ3) is 3.57. The van der Waals surface area contributed by atoms with E-state index in [4.69, 9.17) is 14.2 Å². The number of nitrogens with zero attached hydrogens (tertiary/aromatic N) is 1. The number of fused-ring (bicyclic) bond motifs is 5. The molecule has 0 saturated carbocycles. The van der Waals surface area contributed by atoms with Gasteiger partial charge in [-0.25, -0.2) is 0 Å². The molecule has 2 aliphatic heterocycles. The number of aromatic nitrogens is 1. The van der Waals surface area contributed by atoms with Crippen LogP contribution in [0.1, 0.15) is 59.4 Å². The summed E-state index contributed by atoms with van der Waals surface area (Å²) in [5.74, 6) is 1.88. The van der Waals surface area contributed by atoms with E-state index in [0.717, 1.165) is 30.8 Å². The summed E-state index contributed by atoms with van der Waals surface area (Å²) >= 11 is 0. The van der Waals surface area contributed by atoms with Crippen molar-refractivity contribution in [3.05, 3.63) is 72.0 Å². The van der Waals surface area contributed by atoms with E-state index >= 15 is 0 Å². The summed E-state index contributed by atoms with van der Waals surface area (Å²) < 4.78 is 21.2. The van der Waals surface area contributed by atoms with Gasteiger partial charge in [-0.05, 0) is 57.0 Å². The second kappa shape index (κ2) is 8.98. The number of ether oxygens (including phenoxy) is 3. The van der Waals surface area contributed by atoms with E-state index in [1.165, 1.54) is 27.7 Å². The number of rotatable bonds is 5. The maximum absolute atomic E-state index is 6.51. The molecule has 1 aromatic heterocycles. The van der Waals surface area contributed by atoms with E-state index in [1.54, 1.807) is 7.11 Å². The second-order valence-electron chi connectivity index (χ2n) is 10.3. The molecule has 3 heterocycles. The summed E-state index contributed by atoms with van der Waals surface area (Å²) in [4.78, 5) is 0. The highest BCUT2D eigenvalue weighted by Gasteiger charge is 2.61. The molecule has 4 nitrogen and oxygen atoms in total. The molecule has 2 aliphatic rings. The van der Waals surface area contributed by atoms with Gasteiger partial charge in [-0.15, -0.1) is 0 Å². The number of allylic oxidation sites excluding steroid dienone is 1. The third-order valence-corrected chi connectivity index (χ3v) is 8.62. The van der Waals surface area contributed by atoms with Gasteiger partial charge in [0.1, 0.15) is 11.9 Å². The highest BCUT2D eigenvalue weighted by atomic mass is 16.5. The van der Waals surface area contributed by atoms with Crippen LogP contribution in [-0.2, 0) is 20.4 Å². The summed E-state index contributed by atoms with van der Waals surface area (Å²) in [6, 6.07) is 19.8. The van der Waals surface area contributed by atoms with Crippen LogP contribution in [0.5, 0.6) is 5.75 Å². The van der Waals surface area contributed by atoms with Crippen LogP contribution in [0.4, 0.5) is 0 Å². The first kappa shape index (κ1) is 23.9. The highest BCUT2D eigenvalue weighted by Crippen LogP contribution is 2.54. The molecule has 4 unspecified atom stereocenters. The van der Waals surface area contributed by atoms with Crippen LogP contribution < -0.4 is 9.30 Å². The van der Waals surface area contributed by atoms with Gasteiger partial charge in [-0.3, -0.25) is 0 Å². The van der Waals surface area contributed by atoms with Crippen LogP contribution in [0, 0.1) is 0 Å². The Bertz CT molecular complexity index is 1280. The average molecular weight is 473 g/mol. The van der Waals surface area contributed by atoms with Gasteiger partial charge in [0.2, 0.25) is 11.2 Å². The van der Waals surface area contributed by atoms with Crippen LogP contribution in [-0.4, -0.2) is 25.9 Å². The normalized spacial score (nSPS) is 27.9. The van der Waals surface area contributed by atoms with Gasteiger partial charge in [0.15, 0.2) is 5.54 Å². The van der Waals surface area contributed by atoms with Crippen LogP contribution >= 0.6 is 0 Å². The minimum absolute atomic E-state index is 0.0338. The number of methoxy groups -OCH3 is 1. The van der Waals surface area contributed by atoms with Crippen LogP contribution in [0.3, 0.4) is 0 Å². The second-order valence-corrected chi connectivity index (χ2v) is 10.3. The maximum Gasteiger partial charge on any atom is 0.217 e. The zero-order chi connectivity index (χ0) is 24.8. The fourth-order valence-corrected chi connectivity index (χ4v) is 6.76. The Morgan fingerprint density at radius 2 is 1.83 bits per heavy atom. The van der Waals surface area contributed by atoms with E-state index in [2.05, 4.69) is 92.9 Å². The minimum Gasteiger partial charge on any atom is -0.496 e. The number of benzene rings is 2. The summed E-state index contributed by atoms with van der Waals surface area (Å²) in [6.07, 6.45) is 4.93. The van der Waals surface area contributed by atoms with Crippen molar-refractivity contribution in [1.82, 2.24) is 0 Å². The first-order valence-corrected chi connectivity index (χ1v) is 13.0. The molecular formula is C31H38NO3+. The van der Waals surface area contributed by atoms with E-state index in [9.17, 15) is 0 Å². The lowest BCUT2D eigenvalue weighted by atomic mass is 9.58. The number of para-hydroxylation sites is 1. The molecule has 0 bridgehead atoms. The minimum atomic E-state index is -0.223. The lowest BCUT2D eigenvalue weighted by molar-refractivity contribution is -0.749. The van der Waals surface area contributed by atoms with Gasteiger partial charge < -0.3 is 14.2 Å². The Morgan fingerprint density at radius 3 is 2.57 bits per heavy atom. The molecule has 4 heteroatoms. The molecule has 4 atom stereocenters. The van der Waals surface area contributed by atoms with Crippen molar-refractivity contribution >= 4 is 10.9 Å². The molecule has 0 fully saturated rings. The molecule has 3 aromatic rings. The summed E-state index contributed by atoms with van der Waals surface area (Å²) in [6.45, 7) is 11.8. The Labute approximate surface area is 209 Å². The van der Waals surface area contributed by atoms with Crippen molar-refractivity contribution in [2.75, 3.05) is 13.7 Å². The largest absolute Gasteiger partial charge is 0.496 e. The summed E-state index contributed by atoms with van der Waals surface area (Å²) in [5, 5.41) is 1.24. The molecule has 0 N–H and O–H groups in total. The number of pyridine rings is 1. The predicted octanol–water partition coefficient (Wildman–Crippen LogP) is 6.69. The zero-order valence-corrected chi connectivity index (χ0v) is 21.9. The Kier molecular flexibility index (Phi) is 6.13. The zero-order valence-electron chi connectivity index (χ0n) is 21.9. The van der Waals surface area contributed by atoms with Crippen molar-refractivity contribution in [3.8, 4) is 17.0 Å². The fraction of sp³-hybridized carbons (Fsp3) is 0.452. The topological polar surface area (TPSA) is 31.6 Å². The summed E-state index contributed by atoms with van der Waals surface area (Å²) in [7, 11) is 1.78. The third-order valence-electron chi connectivity index (χ3n) is 8.62. The van der Waals surface area contributed by atoms with E-state index in [-0.39, 0.29) is 23.2 Å². The lowest BCUT2D eigenvalue weighted by Crippen LogP contribution is -2.70. The molecular weight excluding hydrogens is 434 g/mol. The van der Waals surface area contributed by atoms with Gasteiger partial charge in [-0.1, -0.05) is 38.1 Å². The van der Waals surface area contributed by atoms with Crippen molar-refractivity contribution in [2.45, 2.75) is 77.0 Å². The van der Waals surface area contributed by atoms with Gasteiger partial charge >= 0.3 is 0 Å². The van der Waals surface area contributed by atoms with Gasteiger partial charge in [0, 0.05) is 23.9 Å². The lowest BCUT2D eigenvalue weighted by Gasteiger charge is -2.49.